The van der Waals surface area contributed by atoms with Crippen LogP contribution in [0.2, 0.25) is 0 Å². The van der Waals surface area contributed by atoms with E-state index in [1.54, 1.807) is 0 Å². The van der Waals surface area contributed by atoms with Gasteiger partial charge in [-0.25, -0.2) is 0 Å². The van der Waals surface area contributed by atoms with Gasteiger partial charge in [-0.15, -0.1) is 0 Å². The molecule has 0 radical (unpaired) electrons. The molecule has 0 N–H and O–H groups in total. The van der Waals surface area contributed by atoms with Crippen LogP contribution in [0.15, 0.2) is 28.8 Å². The molecule has 0 fully saturated rings. The van der Waals surface area contributed by atoms with Gasteiger partial charge in [0.2, 0.25) is 0 Å². The maximum atomic E-state index is 4.16. The minimum Gasteiger partial charge on any atom is -0.293 e. The van der Waals surface area contributed by atoms with E-state index >= 15 is 0 Å². The smallest absolute Gasteiger partial charge is 0.0341 e. The fraction of sp³-hybridized carbons (Fsp3) is 0.545. The van der Waals surface area contributed by atoms with Gasteiger partial charge in [0.15, 0.2) is 0 Å². The van der Waals surface area contributed by atoms with Crippen LogP contribution in [0.5, 0.6) is 0 Å². The van der Waals surface area contributed by atoms with E-state index in [1.807, 2.05) is 14.0 Å². The average Bonchev–Trinajstić information content (AvgIpc) is 1.98. The molecule has 12 heavy (non-hydrogen) atoms. The van der Waals surface area contributed by atoms with Crippen LogP contribution in [0.25, 0.3) is 0 Å². The molecule has 0 bridgehead atoms. The Hall–Kier alpha value is -0.850. The molecule has 1 heteroatoms. The molecule has 0 rings (SSSR count). The van der Waals surface area contributed by atoms with Gasteiger partial charge >= 0.3 is 0 Å². The van der Waals surface area contributed by atoms with Crippen molar-refractivity contribution < 1.29 is 0 Å². The number of aliphatic imine (C=N–C) groups is 1. The Morgan fingerprint density at radius 1 is 1.42 bits per heavy atom. The molecule has 0 saturated carbocycles. The summed E-state index contributed by atoms with van der Waals surface area (Å²) in [5.41, 5.74) is 3.70. The molecule has 0 atom stereocenters. The van der Waals surface area contributed by atoms with Crippen molar-refractivity contribution in [2.24, 2.45) is 4.99 Å². The number of rotatable bonds is 4. The summed E-state index contributed by atoms with van der Waals surface area (Å²) in [5, 5.41) is 0. The van der Waals surface area contributed by atoms with Gasteiger partial charge < -0.3 is 0 Å². The lowest BCUT2D eigenvalue weighted by molar-refractivity contribution is 1.11. The molecule has 0 heterocycles. The largest absolute Gasteiger partial charge is 0.293 e. The van der Waals surface area contributed by atoms with Crippen LogP contribution in [-0.4, -0.2) is 12.8 Å². The van der Waals surface area contributed by atoms with Crippen molar-refractivity contribution in [2.45, 2.75) is 33.6 Å². The molecular weight excluding hydrogens is 146 g/mol. The summed E-state index contributed by atoms with van der Waals surface area (Å²) in [6, 6.07) is 0. The van der Waals surface area contributed by atoms with E-state index in [1.165, 1.54) is 11.1 Å². The van der Waals surface area contributed by atoms with Crippen molar-refractivity contribution in [1.29, 1.82) is 0 Å². The molecule has 1 nitrogen and oxygen atoms in total. The fourth-order valence-corrected chi connectivity index (χ4v) is 1.14. The van der Waals surface area contributed by atoms with Crippen LogP contribution in [-0.2, 0) is 0 Å². The summed E-state index contributed by atoms with van der Waals surface area (Å²) < 4.78 is 0. The predicted octanol–water partition coefficient (Wildman–Crippen LogP) is 3.38. The maximum absolute atomic E-state index is 4.16. The second-order valence-corrected chi connectivity index (χ2v) is 3.19. The van der Waals surface area contributed by atoms with Crippen molar-refractivity contribution in [1.82, 2.24) is 0 Å². The summed E-state index contributed by atoms with van der Waals surface area (Å²) in [7, 11) is 1.84. The zero-order valence-electron chi connectivity index (χ0n) is 8.65. The van der Waals surface area contributed by atoms with Gasteiger partial charge in [0.25, 0.3) is 0 Å². The molecule has 0 aliphatic heterocycles. The van der Waals surface area contributed by atoms with Crippen LogP contribution < -0.4 is 0 Å². The molecule has 0 aromatic carbocycles. The minimum atomic E-state index is 0.985. The van der Waals surface area contributed by atoms with E-state index in [4.69, 9.17) is 0 Å². The van der Waals surface area contributed by atoms with E-state index < -0.39 is 0 Å². The van der Waals surface area contributed by atoms with Gasteiger partial charge in [-0.05, 0) is 32.8 Å². The molecule has 0 aliphatic rings. The van der Waals surface area contributed by atoms with E-state index in [0.717, 1.165) is 18.6 Å². The first kappa shape index (κ1) is 11.2. The highest BCUT2D eigenvalue weighted by molar-refractivity contribution is 5.95. The highest BCUT2D eigenvalue weighted by Crippen LogP contribution is 2.08. The van der Waals surface area contributed by atoms with Crippen LogP contribution in [0.1, 0.15) is 33.6 Å². The van der Waals surface area contributed by atoms with E-state index in [0.29, 0.717) is 0 Å². The zero-order chi connectivity index (χ0) is 9.56. The first-order valence-corrected chi connectivity index (χ1v) is 4.37. The van der Waals surface area contributed by atoms with E-state index in [-0.39, 0.29) is 0 Å². The summed E-state index contributed by atoms with van der Waals surface area (Å²) in [5.74, 6) is 0. The second-order valence-electron chi connectivity index (χ2n) is 3.19. The fourth-order valence-electron chi connectivity index (χ4n) is 1.14. The lowest BCUT2D eigenvalue weighted by Gasteiger charge is -2.00. The molecule has 0 amide bonds. The van der Waals surface area contributed by atoms with Gasteiger partial charge in [-0.2, -0.15) is 0 Å². The molecular formula is C11H19N. The van der Waals surface area contributed by atoms with Gasteiger partial charge in [0.1, 0.15) is 0 Å². The monoisotopic (exact) mass is 165 g/mol. The molecule has 0 saturated heterocycles. The summed E-state index contributed by atoms with van der Waals surface area (Å²) in [6.45, 7) is 10.2. The lowest BCUT2D eigenvalue weighted by atomic mass is 10.1. The Morgan fingerprint density at radius 2 is 2.00 bits per heavy atom. The van der Waals surface area contributed by atoms with Gasteiger partial charge in [0.05, 0.1) is 0 Å². The molecule has 0 aliphatic carbocycles. The Labute approximate surface area is 75.9 Å². The quantitative estimate of drug-likeness (QED) is 0.447. The zero-order valence-corrected chi connectivity index (χ0v) is 8.65. The highest BCUT2D eigenvalue weighted by atomic mass is 14.7. The maximum Gasteiger partial charge on any atom is 0.0341 e. The van der Waals surface area contributed by atoms with Crippen molar-refractivity contribution in [3.05, 3.63) is 23.8 Å². The van der Waals surface area contributed by atoms with E-state index in [9.17, 15) is 0 Å². The highest BCUT2D eigenvalue weighted by Gasteiger charge is 1.93. The minimum absolute atomic E-state index is 0.985. The predicted molar refractivity (Wildman–Crippen MR) is 56.8 cm³/mol. The van der Waals surface area contributed by atoms with Crippen LogP contribution in [0, 0.1) is 0 Å². The van der Waals surface area contributed by atoms with Gasteiger partial charge in [0, 0.05) is 12.8 Å². The van der Waals surface area contributed by atoms with Gasteiger partial charge in [-0.3, -0.25) is 4.99 Å². The average molecular weight is 165 g/mol. The summed E-state index contributed by atoms with van der Waals surface area (Å²) >= 11 is 0. The van der Waals surface area contributed by atoms with Crippen molar-refractivity contribution in [3.63, 3.8) is 0 Å². The molecule has 68 valence electrons. The molecule has 0 unspecified atom stereocenters. The van der Waals surface area contributed by atoms with Crippen molar-refractivity contribution >= 4 is 5.71 Å². The number of nitrogens with zero attached hydrogens (tertiary/aromatic N) is 1. The standard InChI is InChI=1S/C11H19N/c1-6-11(12-5)8-10(4)7-9(2)3/h8H,2,6-7H2,1,3-5H3/b10-8+,12-11?. The van der Waals surface area contributed by atoms with Crippen molar-refractivity contribution in [3.8, 4) is 0 Å². The summed E-state index contributed by atoms with van der Waals surface area (Å²) in [6.07, 6.45) is 4.14. The Bertz CT molecular complexity index is 209. The third-order valence-electron chi connectivity index (χ3n) is 1.64. The lowest BCUT2D eigenvalue weighted by Crippen LogP contribution is -1.92. The Balaban J connectivity index is 4.23. The van der Waals surface area contributed by atoms with E-state index in [2.05, 4.69) is 31.5 Å². The van der Waals surface area contributed by atoms with Crippen LogP contribution >= 0.6 is 0 Å². The summed E-state index contributed by atoms with van der Waals surface area (Å²) in [4.78, 5) is 4.16. The van der Waals surface area contributed by atoms with Crippen LogP contribution in [0.4, 0.5) is 0 Å². The third kappa shape index (κ3) is 4.89. The number of hydrogen-bond donors (Lipinski definition) is 0. The Morgan fingerprint density at radius 3 is 2.33 bits per heavy atom. The molecule has 0 aromatic heterocycles. The van der Waals surface area contributed by atoms with Crippen LogP contribution in [0.3, 0.4) is 0 Å². The normalized spacial score (nSPS) is 13.3. The third-order valence-corrected chi connectivity index (χ3v) is 1.64. The topological polar surface area (TPSA) is 12.4 Å². The van der Waals surface area contributed by atoms with Crippen molar-refractivity contribution in [2.75, 3.05) is 7.05 Å². The number of hydrogen-bond acceptors (Lipinski definition) is 1. The van der Waals surface area contributed by atoms with Gasteiger partial charge in [-0.1, -0.05) is 24.6 Å². The second kappa shape index (κ2) is 5.76. The first-order valence-electron chi connectivity index (χ1n) is 4.37. The first-order chi connectivity index (χ1) is 5.60. The SMILES string of the molecule is C=C(C)C/C(C)=C/C(CC)=NC. The Kier molecular flexibility index (Phi) is 5.35. The molecule has 0 aromatic rings. The number of allylic oxidation sites excluding steroid dienone is 3. The molecule has 0 spiro atoms.